The first-order valence-corrected chi connectivity index (χ1v) is 6.45. The topological polar surface area (TPSA) is 49.9 Å². The number of benzene rings is 2. The van der Waals surface area contributed by atoms with Crippen molar-refractivity contribution in [3.8, 4) is 0 Å². The zero-order valence-electron chi connectivity index (χ0n) is 10.7. The molecular weight excluding hydrogens is 250 g/mol. The Kier molecular flexibility index (Phi) is 2.29. The Balaban J connectivity index is 1.96. The van der Waals surface area contributed by atoms with Crippen molar-refractivity contribution in [1.29, 1.82) is 5.41 Å². The average Bonchev–Trinajstić information content (AvgIpc) is 2.86. The second-order valence-corrected chi connectivity index (χ2v) is 4.74. The lowest BCUT2D eigenvalue weighted by molar-refractivity contribution is -0.784. The SMILES string of the molecule is N=C1OC(c2ccccc2)[n+]2ncc3ccccc3c21. The molecule has 0 radical (unpaired) electrons. The summed E-state index contributed by atoms with van der Waals surface area (Å²) in [6.45, 7) is 0. The molecular formula is C16H12N3O+. The lowest BCUT2D eigenvalue weighted by atomic mass is 10.1. The van der Waals surface area contributed by atoms with Crippen LogP contribution in [0.25, 0.3) is 10.8 Å². The van der Waals surface area contributed by atoms with E-state index in [1.54, 1.807) is 4.68 Å². The highest BCUT2D eigenvalue weighted by Gasteiger charge is 2.41. The van der Waals surface area contributed by atoms with Crippen LogP contribution >= 0.6 is 0 Å². The van der Waals surface area contributed by atoms with Gasteiger partial charge in [0.2, 0.25) is 0 Å². The summed E-state index contributed by atoms with van der Waals surface area (Å²) in [7, 11) is 0. The van der Waals surface area contributed by atoms with Gasteiger partial charge in [0.05, 0.1) is 10.9 Å². The molecule has 0 aliphatic carbocycles. The Morgan fingerprint density at radius 1 is 1.00 bits per heavy atom. The number of ether oxygens (including phenoxy) is 1. The van der Waals surface area contributed by atoms with E-state index in [0.717, 1.165) is 22.0 Å². The van der Waals surface area contributed by atoms with Crippen LogP contribution in [-0.2, 0) is 4.74 Å². The molecule has 4 rings (SSSR count). The summed E-state index contributed by atoms with van der Waals surface area (Å²) in [6, 6.07) is 17.8. The molecule has 0 saturated heterocycles. The van der Waals surface area contributed by atoms with E-state index in [1.165, 1.54) is 0 Å². The lowest BCUT2D eigenvalue weighted by Crippen LogP contribution is -2.43. The van der Waals surface area contributed by atoms with E-state index in [0.29, 0.717) is 0 Å². The molecule has 0 amide bonds. The molecule has 1 N–H and O–H groups in total. The minimum Gasteiger partial charge on any atom is -0.404 e. The van der Waals surface area contributed by atoms with Crippen molar-refractivity contribution in [2.24, 2.45) is 0 Å². The van der Waals surface area contributed by atoms with Crippen molar-refractivity contribution in [2.45, 2.75) is 6.23 Å². The number of rotatable bonds is 1. The third-order valence-electron chi connectivity index (χ3n) is 3.52. The van der Waals surface area contributed by atoms with Crippen LogP contribution in [-0.4, -0.2) is 11.0 Å². The van der Waals surface area contributed by atoms with Gasteiger partial charge in [-0.25, -0.2) is 0 Å². The maximum atomic E-state index is 8.11. The summed E-state index contributed by atoms with van der Waals surface area (Å²) >= 11 is 0. The van der Waals surface area contributed by atoms with E-state index in [9.17, 15) is 0 Å². The number of nitrogens with zero attached hydrogens (tertiary/aromatic N) is 2. The molecule has 0 saturated carbocycles. The molecule has 0 fully saturated rings. The molecule has 1 aromatic heterocycles. The Bertz CT molecular complexity index is 814. The van der Waals surface area contributed by atoms with Gasteiger partial charge in [-0.05, 0) is 28.0 Å². The van der Waals surface area contributed by atoms with E-state index in [2.05, 4.69) is 5.10 Å². The van der Waals surface area contributed by atoms with Crippen LogP contribution < -0.4 is 4.68 Å². The summed E-state index contributed by atoms with van der Waals surface area (Å²) in [5.41, 5.74) is 1.72. The van der Waals surface area contributed by atoms with Crippen LogP contribution in [0.1, 0.15) is 17.5 Å². The van der Waals surface area contributed by atoms with Gasteiger partial charge in [0.25, 0.3) is 5.90 Å². The third kappa shape index (κ3) is 1.51. The summed E-state index contributed by atoms with van der Waals surface area (Å²) in [5, 5.41) is 14.6. The summed E-state index contributed by atoms with van der Waals surface area (Å²) in [6.07, 6.45) is 1.46. The largest absolute Gasteiger partial charge is 0.404 e. The second kappa shape index (κ2) is 4.13. The number of aromatic nitrogens is 2. The fraction of sp³-hybridized carbons (Fsp3) is 0.0625. The minimum absolute atomic E-state index is 0.170. The molecule has 4 heteroatoms. The van der Waals surface area contributed by atoms with Crippen LogP contribution in [0.2, 0.25) is 0 Å². The van der Waals surface area contributed by atoms with Gasteiger partial charge >= 0.3 is 11.9 Å². The van der Waals surface area contributed by atoms with Gasteiger partial charge in [-0.15, -0.1) is 0 Å². The first-order chi connectivity index (χ1) is 9.84. The maximum absolute atomic E-state index is 8.11. The highest BCUT2D eigenvalue weighted by Crippen LogP contribution is 2.25. The monoisotopic (exact) mass is 262 g/mol. The Hall–Kier alpha value is -2.75. The number of nitrogens with one attached hydrogen (secondary N) is 1. The zero-order chi connectivity index (χ0) is 13.5. The van der Waals surface area contributed by atoms with E-state index >= 15 is 0 Å². The van der Waals surface area contributed by atoms with Gasteiger partial charge in [-0.1, -0.05) is 36.4 Å². The normalized spacial score (nSPS) is 17.0. The van der Waals surface area contributed by atoms with E-state index in [-0.39, 0.29) is 12.1 Å². The number of fused-ring (bicyclic) bond motifs is 3. The Morgan fingerprint density at radius 2 is 1.75 bits per heavy atom. The van der Waals surface area contributed by atoms with Gasteiger partial charge in [-0.2, -0.15) is 0 Å². The standard InChI is InChI=1S/C16H12N3O/c17-15-14-13-9-5-4-8-12(13)10-18-19(14)16(20-15)11-6-2-1-3-7-11/h1-10,16-17H/q+1. The van der Waals surface area contributed by atoms with Crippen molar-refractivity contribution >= 4 is 16.7 Å². The number of hydrogen-bond acceptors (Lipinski definition) is 3. The second-order valence-electron chi connectivity index (χ2n) is 4.74. The molecule has 2 aromatic carbocycles. The Morgan fingerprint density at radius 3 is 2.60 bits per heavy atom. The van der Waals surface area contributed by atoms with Gasteiger partial charge in [0.15, 0.2) is 0 Å². The fourth-order valence-corrected chi connectivity index (χ4v) is 2.58. The molecule has 20 heavy (non-hydrogen) atoms. The van der Waals surface area contributed by atoms with Gasteiger partial charge in [0, 0.05) is 5.39 Å². The molecule has 0 bridgehead atoms. The van der Waals surface area contributed by atoms with Crippen LogP contribution in [0.5, 0.6) is 0 Å². The molecule has 4 nitrogen and oxygen atoms in total. The first kappa shape index (κ1) is 11.1. The van der Waals surface area contributed by atoms with Gasteiger partial charge in [0.1, 0.15) is 6.20 Å². The third-order valence-corrected chi connectivity index (χ3v) is 3.52. The maximum Gasteiger partial charge on any atom is 0.355 e. The molecule has 1 unspecified atom stereocenters. The van der Waals surface area contributed by atoms with Gasteiger partial charge < -0.3 is 4.74 Å². The van der Waals surface area contributed by atoms with E-state index in [1.807, 2.05) is 60.8 Å². The van der Waals surface area contributed by atoms with Crippen molar-refractivity contribution in [3.63, 3.8) is 0 Å². The summed E-state index contributed by atoms with van der Waals surface area (Å²) in [5.74, 6) is 0.170. The van der Waals surface area contributed by atoms with E-state index < -0.39 is 0 Å². The van der Waals surface area contributed by atoms with Crippen LogP contribution in [0.3, 0.4) is 0 Å². The minimum atomic E-state index is -0.358. The van der Waals surface area contributed by atoms with E-state index in [4.69, 9.17) is 10.1 Å². The highest BCUT2D eigenvalue weighted by atomic mass is 16.5. The molecule has 1 aliphatic heterocycles. The smallest absolute Gasteiger partial charge is 0.355 e. The van der Waals surface area contributed by atoms with Crippen molar-refractivity contribution in [2.75, 3.05) is 0 Å². The van der Waals surface area contributed by atoms with Crippen molar-refractivity contribution in [1.82, 2.24) is 5.10 Å². The lowest BCUT2D eigenvalue weighted by Gasteiger charge is -2.03. The highest BCUT2D eigenvalue weighted by molar-refractivity contribution is 6.02. The first-order valence-electron chi connectivity index (χ1n) is 6.45. The zero-order valence-corrected chi connectivity index (χ0v) is 10.7. The summed E-state index contributed by atoms with van der Waals surface area (Å²) in [4.78, 5) is 0. The molecule has 1 aliphatic rings. The number of hydrogen-bond donors (Lipinski definition) is 1. The van der Waals surface area contributed by atoms with Crippen molar-refractivity contribution < 1.29 is 9.42 Å². The molecule has 1 atom stereocenters. The molecule has 3 aromatic rings. The van der Waals surface area contributed by atoms with Crippen LogP contribution in [0.4, 0.5) is 0 Å². The van der Waals surface area contributed by atoms with Crippen LogP contribution in [0.15, 0.2) is 60.8 Å². The van der Waals surface area contributed by atoms with Gasteiger partial charge in [-0.3, -0.25) is 5.41 Å². The predicted molar refractivity (Wildman–Crippen MR) is 74.4 cm³/mol. The van der Waals surface area contributed by atoms with Crippen molar-refractivity contribution in [3.05, 3.63) is 72.1 Å². The molecule has 0 spiro atoms. The fourth-order valence-electron chi connectivity index (χ4n) is 2.58. The predicted octanol–water partition coefficient (Wildman–Crippen LogP) is 2.42. The molecule has 2 heterocycles. The average molecular weight is 262 g/mol. The molecule has 96 valence electrons. The Labute approximate surface area is 115 Å². The summed E-state index contributed by atoms with van der Waals surface area (Å²) < 4.78 is 7.49. The quantitative estimate of drug-likeness (QED) is 0.685. The van der Waals surface area contributed by atoms with Crippen LogP contribution in [0, 0.1) is 5.41 Å².